The van der Waals surface area contributed by atoms with E-state index in [0.29, 0.717) is 12.6 Å². The number of benzene rings is 1. The minimum atomic E-state index is 0.208. The van der Waals surface area contributed by atoms with Crippen molar-refractivity contribution >= 4 is 10.8 Å². The summed E-state index contributed by atoms with van der Waals surface area (Å²) in [6.07, 6.45) is 8.40. The number of nitrogens with zero attached hydrogens (tertiary/aromatic N) is 1. The van der Waals surface area contributed by atoms with Crippen LogP contribution < -0.4 is 10.1 Å². The lowest BCUT2D eigenvalue weighted by molar-refractivity contribution is 0.139. The van der Waals surface area contributed by atoms with E-state index in [-0.39, 0.29) is 12.7 Å². The van der Waals surface area contributed by atoms with E-state index in [9.17, 15) is 0 Å². The van der Waals surface area contributed by atoms with Crippen molar-refractivity contribution in [3.8, 4) is 5.75 Å². The van der Waals surface area contributed by atoms with E-state index in [1.807, 2.05) is 18.5 Å². The second-order valence-corrected chi connectivity index (χ2v) is 6.08. The predicted octanol–water partition coefficient (Wildman–Crippen LogP) is 2.82. The SMILES string of the molecule is Cc1cncc2cccc(O[C@H]3CC[C@@H](NCCO)CC3)c12. The molecule has 0 amide bonds. The maximum atomic E-state index is 8.88. The summed E-state index contributed by atoms with van der Waals surface area (Å²) in [5, 5.41) is 14.6. The number of hydrogen-bond acceptors (Lipinski definition) is 4. The van der Waals surface area contributed by atoms with Crippen LogP contribution in [-0.2, 0) is 0 Å². The van der Waals surface area contributed by atoms with Crippen LogP contribution in [0.2, 0.25) is 0 Å². The minimum absolute atomic E-state index is 0.208. The smallest absolute Gasteiger partial charge is 0.127 e. The number of rotatable bonds is 5. The summed E-state index contributed by atoms with van der Waals surface area (Å²) < 4.78 is 6.30. The summed E-state index contributed by atoms with van der Waals surface area (Å²) in [6, 6.07) is 6.70. The number of hydrogen-bond donors (Lipinski definition) is 2. The molecule has 2 N–H and O–H groups in total. The molecule has 0 radical (unpaired) electrons. The molecular weight excluding hydrogens is 276 g/mol. The largest absolute Gasteiger partial charge is 0.490 e. The third-order valence-corrected chi connectivity index (χ3v) is 4.45. The molecule has 1 aromatic heterocycles. The number of pyridine rings is 1. The highest BCUT2D eigenvalue weighted by Gasteiger charge is 2.22. The van der Waals surface area contributed by atoms with E-state index in [2.05, 4.69) is 29.4 Å². The van der Waals surface area contributed by atoms with Crippen LogP contribution in [0.1, 0.15) is 31.2 Å². The van der Waals surface area contributed by atoms with E-state index in [0.717, 1.165) is 42.4 Å². The highest BCUT2D eigenvalue weighted by atomic mass is 16.5. The summed E-state index contributed by atoms with van der Waals surface area (Å²) in [7, 11) is 0. The predicted molar refractivity (Wildman–Crippen MR) is 88.2 cm³/mol. The Kier molecular flexibility index (Phi) is 4.90. The monoisotopic (exact) mass is 300 g/mol. The van der Waals surface area contributed by atoms with Gasteiger partial charge in [0.2, 0.25) is 0 Å². The number of aryl methyl sites for hydroxylation is 1. The van der Waals surface area contributed by atoms with Crippen molar-refractivity contribution in [1.82, 2.24) is 10.3 Å². The Bertz CT molecular complexity index is 616. The summed E-state index contributed by atoms with van der Waals surface area (Å²) >= 11 is 0. The van der Waals surface area contributed by atoms with Crippen LogP contribution in [0.4, 0.5) is 0 Å². The van der Waals surface area contributed by atoms with Gasteiger partial charge < -0.3 is 15.2 Å². The van der Waals surface area contributed by atoms with E-state index in [4.69, 9.17) is 9.84 Å². The maximum Gasteiger partial charge on any atom is 0.127 e. The standard InChI is InChI=1S/C18H24N2O2/c1-13-11-19-12-14-3-2-4-17(18(13)14)22-16-7-5-15(6-8-16)20-9-10-21/h2-4,11-12,15-16,20-21H,5-10H2,1H3/t15-,16+. The Morgan fingerprint density at radius 3 is 2.82 bits per heavy atom. The first-order chi connectivity index (χ1) is 10.8. The zero-order valence-corrected chi connectivity index (χ0v) is 13.1. The molecule has 1 heterocycles. The number of aliphatic hydroxyl groups is 1. The molecule has 1 saturated carbocycles. The number of aromatic nitrogens is 1. The first-order valence-electron chi connectivity index (χ1n) is 8.12. The average molecular weight is 300 g/mol. The third-order valence-electron chi connectivity index (χ3n) is 4.45. The molecule has 0 aliphatic heterocycles. The van der Waals surface area contributed by atoms with Gasteiger partial charge in [-0.2, -0.15) is 0 Å². The van der Waals surface area contributed by atoms with Gasteiger partial charge in [-0.1, -0.05) is 12.1 Å². The molecule has 0 atom stereocenters. The first kappa shape index (κ1) is 15.3. The van der Waals surface area contributed by atoms with Crippen LogP contribution >= 0.6 is 0 Å². The average Bonchev–Trinajstić information content (AvgIpc) is 2.54. The number of aliphatic hydroxyl groups excluding tert-OH is 1. The van der Waals surface area contributed by atoms with Gasteiger partial charge in [0.15, 0.2) is 0 Å². The lowest BCUT2D eigenvalue weighted by atomic mass is 9.93. The number of fused-ring (bicyclic) bond motifs is 1. The van der Waals surface area contributed by atoms with Gasteiger partial charge in [-0.15, -0.1) is 0 Å². The van der Waals surface area contributed by atoms with Crippen molar-refractivity contribution in [2.75, 3.05) is 13.2 Å². The Hall–Kier alpha value is -1.65. The van der Waals surface area contributed by atoms with Crippen LogP contribution in [0.15, 0.2) is 30.6 Å². The molecule has 3 rings (SSSR count). The van der Waals surface area contributed by atoms with Gasteiger partial charge in [-0.3, -0.25) is 4.98 Å². The molecular formula is C18H24N2O2. The summed E-state index contributed by atoms with van der Waals surface area (Å²) in [6.45, 7) is 2.98. The summed E-state index contributed by atoms with van der Waals surface area (Å²) in [4.78, 5) is 4.25. The van der Waals surface area contributed by atoms with Gasteiger partial charge in [0.1, 0.15) is 5.75 Å². The molecule has 22 heavy (non-hydrogen) atoms. The van der Waals surface area contributed by atoms with Crippen LogP contribution in [0.3, 0.4) is 0 Å². The van der Waals surface area contributed by atoms with Crippen molar-refractivity contribution in [2.45, 2.75) is 44.8 Å². The van der Waals surface area contributed by atoms with Crippen LogP contribution in [0.5, 0.6) is 5.75 Å². The van der Waals surface area contributed by atoms with Gasteiger partial charge in [0.05, 0.1) is 12.7 Å². The fourth-order valence-electron chi connectivity index (χ4n) is 3.30. The summed E-state index contributed by atoms with van der Waals surface area (Å²) in [5.74, 6) is 0.976. The normalized spacial score (nSPS) is 21.9. The van der Waals surface area contributed by atoms with Crippen LogP contribution in [-0.4, -0.2) is 35.4 Å². The molecule has 1 fully saturated rings. The third kappa shape index (κ3) is 3.39. The quantitative estimate of drug-likeness (QED) is 0.891. The Labute approximate surface area is 131 Å². The first-order valence-corrected chi connectivity index (χ1v) is 8.12. The topological polar surface area (TPSA) is 54.4 Å². The Balaban J connectivity index is 1.67. The van der Waals surface area contributed by atoms with Gasteiger partial charge in [0, 0.05) is 35.8 Å². The van der Waals surface area contributed by atoms with E-state index >= 15 is 0 Å². The molecule has 1 aliphatic rings. The molecule has 0 spiro atoms. The highest BCUT2D eigenvalue weighted by Crippen LogP contribution is 2.31. The fraction of sp³-hybridized carbons (Fsp3) is 0.500. The van der Waals surface area contributed by atoms with Gasteiger partial charge in [-0.05, 0) is 44.2 Å². The molecule has 0 saturated heterocycles. The lowest BCUT2D eigenvalue weighted by Crippen LogP contribution is -2.37. The fourth-order valence-corrected chi connectivity index (χ4v) is 3.30. The van der Waals surface area contributed by atoms with Crippen molar-refractivity contribution in [3.63, 3.8) is 0 Å². The van der Waals surface area contributed by atoms with Gasteiger partial charge in [0.25, 0.3) is 0 Å². The number of ether oxygens (including phenoxy) is 1. The maximum absolute atomic E-state index is 8.88. The molecule has 1 aromatic carbocycles. The highest BCUT2D eigenvalue weighted by molar-refractivity contribution is 5.90. The van der Waals surface area contributed by atoms with Crippen molar-refractivity contribution in [2.24, 2.45) is 0 Å². The molecule has 4 heteroatoms. The lowest BCUT2D eigenvalue weighted by Gasteiger charge is -2.30. The zero-order valence-electron chi connectivity index (χ0n) is 13.1. The van der Waals surface area contributed by atoms with Crippen molar-refractivity contribution < 1.29 is 9.84 Å². The Morgan fingerprint density at radius 2 is 2.05 bits per heavy atom. The molecule has 0 unspecified atom stereocenters. The van der Waals surface area contributed by atoms with E-state index < -0.39 is 0 Å². The minimum Gasteiger partial charge on any atom is -0.490 e. The van der Waals surface area contributed by atoms with E-state index in [1.54, 1.807) is 0 Å². The van der Waals surface area contributed by atoms with Crippen LogP contribution in [0.25, 0.3) is 10.8 Å². The zero-order chi connectivity index (χ0) is 15.4. The second kappa shape index (κ2) is 7.07. The Morgan fingerprint density at radius 1 is 1.23 bits per heavy atom. The van der Waals surface area contributed by atoms with Crippen LogP contribution in [0, 0.1) is 6.92 Å². The molecule has 2 aromatic rings. The van der Waals surface area contributed by atoms with Gasteiger partial charge >= 0.3 is 0 Å². The second-order valence-electron chi connectivity index (χ2n) is 6.08. The van der Waals surface area contributed by atoms with E-state index in [1.165, 1.54) is 5.39 Å². The molecule has 0 bridgehead atoms. The molecule has 118 valence electrons. The van der Waals surface area contributed by atoms with Crippen molar-refractivity contribution in [1.29, 1.82) is 0 Å². The van der Waals surface area contributed by atoms with Gasteiger partial charge in [-0.25, -0.2) is 0 Å². The van der Waals surface area contributed by atoms with Crippen molar-refractivity contribution in [3.05, 3.63) is 36.2 Å². The molecule has 1 aliphatic carbocycles. The molecule has 4 nitrogen and oxygen atoms in total. The number of nitrogens with one attached hydrogen (secondary N) is 1. The summed E-state index contributed by atoms with van der Waals surface area (Å²) in [5.41, 5.74) is 1.16.